The van der Waals surface area contributed by atoms with Gasteiger partial charge in [-0.05, 0) is 142 Å². The third kappa shape index (κ3) is 18.7. The molecule has 8 rings (SSSR count). The molecule has 0 saturated carbocycles. The lowest BCUT2D eigenvalue weighted by atomic mass is 9.93. The minimum absolute atomic E-state index is 0.0169. The van der Waals surface area contributed by atoms with Gasteiger partial charge in [-0.2, -0.15) is 0 Å². The number of benzene rings is 8. The highest BCUT2D eigenvalue weighted by Gasteiger charge is 2.22. The fourth-order valence-corrected chi connectivity index (χ4v) is 8.93. The van der Waals surface area contributed by atoms with Crippen molar-refractivity contribution in [3.63, 3.8) is 0 Å². The van der Waals surface area contributed by atoms with E-state index in [1.165, 1.54) is 72.8 Å². The van der Waals surface area contributed by atoms with Gasteiger partial charge in [-0.3, -0.25) is 9.59 Å². The Balaban J connectivity index is 1.07. The molecule has 6 N–H and O–H groups in total. The molecule has 0 heterocycles. The van der Waals surface area contributed by atoms with E-state index < -0.39 is 74.7 Å². The minimum Gasteiger partial charge on any atom is -0.491 e. The molecule has 0 bridgehead atoms. The van der Waals surface area contributed by atoms with Gasteiger partial charge in [-0.15, -0.1) is 0 Å². The average Bonchev–Trinajstić information content (AvgIpc) is 1.86. The van der Waals surface area contributed by atoms with Crippen LogP contribution in [0.25, 0.3) is 21.5 Å². The molecule has 8 aromatic carbocycles. The van der Waals surface area contributed by atoms with Crippen LogP contribution in [-0.2, 0) is 57.4 Å². The maximum atomic E-state index is 13.0. The molecule has 0 aliphatic carbocycles. The number of rotatable bonds is 34. The zero-order valence-corrected chi connectivity index (χ0v) is 47.7. The summed E-state index contributed by atoms with van der Waals surface area (Å²) in [6.45, 7) is -3.16. The smallest absolute Gasteiger partial charge is 0.338 e. The molecule has 0 radical (unpaired) electrons. The van der Waals surface area contributed by atoms with Crippen molar-refractivity contribution in [1.82, 2.24) is 0 Å². The summed E-state index contributed by atoms with van der Waals surface area (Å²) in [5.74, 6) is -1.82. The van der Waals surface area contributed by atoms with Crippen molar-refractivity contribution in [2.24, 2.45) is 0 Å². The third-order valence-electron chi connectivity index (χ3n) is 13.6. The fraction of sp³-hybridized carbons (Fsp3) is 0.224. The van der Waals surface area contributed by atoms with Crippen molar-refractivity contribution in [1.29, 1.82) is 0 Å². The Kier molecular flexibility index (Phi) is 23.4. The van der Waals surface area contributed by atoms with Gasteiger partial charge in [0.2, 0.25) is 12.8 Å². The highest BCUT2D eigenvalue weighted by molar-refractivity contribution is 5.94. The second-order valence-corrected chi connectivity index (χ2v) is 20.1. The lowest BCUT2D eigenvalue weighted by Gasteiger charge is -2.21. The molecular weight excluding hydrogens is 1150 g/mol. The summed E-state index contributed by atoms with van der Waals surface area (Å²) in [6, 6.07) is 41.6. The van der Waals surface area contributed by atoms with Crippen LogP contribution >= 0.6 is 0 Å². The monoisotopic (exact) mass is 1210 g/mol. The first-order valence-electron chi connectivity index (χ1n) is 27.9. The lowest BCUT2D eigenvalue weighted by molar-refractivity contribution is -0.108. The number of aliphatic hydroxyl groups is 4. The Morgan fingerprint density at radius 3 is 0.989 bits per heavy atom. The van der Waals surface area contributed by atoms with Crippen LogP contribution in [0.15, 0.2) is 158 Å². The van der Waals surface area contributed by atoms with Gasteiger partial charge in [-0.25, -0.2) is 19.2 Å². The lowest BCUT2D eigenvalue weighted by Crippen LogP contribution is -2.26. The van der Waals surface area contributed by atoms with E-state index in [1.54, 1.807) is 84.9 Å². The number of hydrogen-bond acceptors (Lipinski definition) is 20. The van der Waals surface area contributed by atoms with Crippen LogP contribution in [0.1, 0.15) is 63.7 Å². The van der Waals surface area contributed by atoms with Crippen LogP contribution in [-0.4, -0.2) is 147 Å². The van der Waals surface area contributed by atoms with Crippen molar-refractivity contribution in [2.45, 2.75) is 43.7 Å². The van der Waals surface area contributed by atoms with Crippen LogP contribution in [0, 0.1) is 0 Å². The summed E-state index contributed by atoms with van der Waals surface area (Å²) in [7, 11) is 0. The summed E-state index contributed by atoms with van der Waals surface area (Å²) in [5.41, 5.74) is 4.10. The van der Waals surface area contributed by atoms with E-state index in [1.807, 2.05) is 0 Å². The first kappa shape index (κ1) is 64.5. The Labute approximate surface area is 509 Å². The second kappa shape index (κ2) is 32.3. The molecule has 0 aliphatic heterocycles. The quantitative estimate of drug-likeness (QED) is 0.0141. The Morgan fingerprint density at radius 1 is 0.371 bits per heavy atom. The van der Waals surface area contributed by atoms with Gasteiger partial charge in [0.15, 0.2) is 0 Å². The number of hydrogen-bond donors (Lipinski definition) is 6. The van der Waals surface area contributed by atoms with Crippen LogP contribution in [0.4, 0.5) is 11.4 Å². The Morgan fingerprint density at radius 2 is 0.674 bits per heavy atom. The van der Waals surface area contributed by atoms with Crippen molar-refractivity contribution >= 4 is 82.2 Å². The normalized spacial score (nSPS) is 12.3. The molecule has 22 nitrogen and oxygen atoms in total. The number of carbonyl (C=O) groups excluding carboxylic acids is 8. The van der Waals surface area contributed by atoms with E-state index >= 15 is 0 Å². The zero-order valence-electron chi connectivity index (χ0n) is 47.7. The fourth-order valence-electron chi connectivity index (χ4n) is 8.93. The number of fused-ring (bicyclic) bond motifs is 2. The van der Waals surface area contributed by atoms with Gasteiger partial charge >= 0.3 is 23.9 Å². The van der Waals surface area contributed by atoms with Crippen molar-refractivity contribution in [3.8, 4) is 23.0 Å². The molecule has 4 unspecified atom stereocenters. The number of carbonyl (C=O) groups is 8. The highest BCUT2D eigenvalue weighted by atomic mass is 16.6. The van der Waals surface area contributed by atoms with E-state index in [-0.39, 0.29) is 90.9 Å². The van der Waals surface area contributed by atoms with E-state index in [9.17, 15) is 58.8 Å². The number of aldehydes is 2. The maximum Gasteiger partial charge on any atom is 0.338 e. The predicted octanol–water partition coefficient (Wildman–Crippen LogP) is 6.59. The van der Waals surface area contributed by atoms with E-state index in [0.717, 1.165) is 12.6 Å². The molecule has 0 aromatic heterocycles. The van der Waals surface area contributed by atoms with Gasteiger partial charge in [0.25, 0.3) is 0 Å². The number of ether oxygens (including phenoxy) is 8. The maximum absolute atomic E-state index is 13.0. The van der Waals surface area contributed by atoms with Gasteiger partial charge in [0.05, 0.1) is 22.3 Å². The molecule has 89 heavy (non-hydrogen) atoms. The van der Waals surface area contributed by atoms with Crippen molar-refractivity contribution < 1.29 is 96.7 Å². The van der Waals surface area contributed by atoms with E-state index in [0.29, 0.717) is 68.0 Å². The predicted molar refractivity (Wildman–Crippen MR) is 323 cm³/mol. The van der Waals surface area contributed by atoms with Gasteiger partial charge in [0.1, 0.15) is 113 Å². The molecule has 0 saturated heterocycles. The molecule has 460 valence electrons. The average molecular weight is 1220 g/mol. The topological polar surface area (TPSA) is 315 Å². The zero-order chi connectivity index (χ0) is 63.1. The van der Waals surface area contributed by atoms with Crippen LogP contribution in [0.3, 0.4) is 0 Å². The summed E-state index contributed by atoms with van der Waals surface area (Å²) >= 11 is 0. The molecule has 0 spiro atoms. The van der Waals surface area contributed by atoms with Gasteiger partial charge in [0, 0.05) is 41.8 Å². The minimum atomic E-state index is -1.35. The highest BCUT2D eigenvalue weighted by Crippen LogP contribution is 2.39. The molecular formula is C67H62N2O20. The van der Waals surface area contributed by atoms with E-state index in [2.05, 4.69) is 10.6 Å². The summed E-state index contributed by atoms with van der Waals surface area (Å²) < 4.78 is 46.4. The van der Waals surface area contributed by atoms with Gasteiger partial charge in [-0.1, -0.05) is 48.5 Å². The molecule has 0 aliphatic rings. The SMILES string of the molecule is O=CCc1ccc(C(=O)OCC(O)COc2ccc3ccc(OCC(O)COC(=O)c4ccc(CC=O)cc4)c(Cc4c(OCC(O)COC(=O)c5ccc(NC=O)cc5)ccc5ccc(OCC(O)COC(=O)c6ccc(NC=O)cc6)cc45)c3c2)cc1. The summed E-state index contributed by atoms with van der Waals surface area (Å²) in [5, 5.41) is 51.7. The number of aliphatic hydroxyl groups excluding tert-OH is 4. The number of esters is 4. The third-order valence-corrected chi connectivity index (χ3v) is 13.6. The van der Waals surface area contributed by atoms with Crippen molar-refractivity contribution in [3.05, 3.63) is 202 Å². The van der Waals surface area contributed by atoms with E-state index in [4.69, 9.17) is 37.9 Å². The number of amides is 2. The molecule has 22 heteroatoms. The first-order valence-corrected chi connectivity index (χ1v) is 27.9. The van der Waals surface area contributed by atoms with Crippen molar-refractivity contribution in [2.75, 3.05) is 63.5 Å². The Hall–Kier alpha value is -10.5. The first-order chi connectivity index (χ1) is 43.2. The summed E-state index contributed by atoms with van der Waals surface area (Å²) in [6.07, 6.45) is -2.42. The number of anilines is 2. The van der Waals surface area contributed by atoms with Gasteiger partial charge < -0.3 is 78.5 Å². The van der Waals surface area contributed by atoms with Crippen LogP contribution in [0.2, 0.25) is 0 Å². The Bertz CT molecular complexity index is 3490. The second-order valence-electron chi connectivity index (χ2n) is 20.1. The molecule has 0 fully saturated rings. The van der Waals surface area contributed by atoms with Crippen LogP contribution in [0.5, 0.6) is 23.0 Å². The largest absolute Gasteiger partial charge is 0.491 e. The van der Waals surface area contributed by atoms with Crippen LogP contribution < -0.4 is 29.6 Å². The standard InChI is InChI=1S/C67H62N2O20/c70-27-25-42-1-5-46(6-2-42)64(78)86-36-52(74)32-82-56-21-13-44-15-23-62(84-34-54(76)38-88-65(79)47-7-3-43(4-8-47)26-28-71)60(58(44)29-56)31-61-59-30-57(83-33-53(75)37-87-66(80)48-9-17-50(18-10-48)68-40-72)22-14-45(59)16-24-63(61)85-35-55(77)39-89-67(81)49-11-19-51(20-12-49)69-41-73/h1-24,27-30,40-41,52-55,74-77H,25-26,31-39H2,(H,68,72)(H,69,73). The molecule has 8 aromatic rings. The summed E-state index contributed by atoms with van der Waals surface area (Å²) in [4.78, 5) is 95.1. The molecule has 4 atom stereocenters. The molecule has 2 amide bonds. The number of nitrogens with one attached hydrogen (secondary N) is 2.